The summed E-state index contributed by atoms with van der Waals surface area (Å²) in [5, 5.41) is 8.79. The lowest BCUT2D eigenvalue weighted by molar-refractivity contribution is 0.0682. The molecule has 1 aromatic heterocycles. The van der Waals surface area contributed by atoms with E-state index in [1.807, 2.05) is 59.5 Å². The highest BCUT2D eigenvalue weighted by molar-refractivity contribution is 5.94. The SMILES string of the molecule is C[C@H]1CN(C(=O)c2ccc(N3CCOCC3)cc2)Cc2nnc(-c3ccccc3)n21. The molecule has 2 aromatic carbocycles. The van der Waals surface area contributed by atoms with Crippen molar-refractivity contribution in [3.05, 3.63) is 66.0 Å². The molecule has 1 atom stereocenters. The Bertz CT molecular complexity index is 1030. The van der Waals surface area contributed by atoms with Crippen molar-refractivity contribution >= 4 is 11.6 Å². The smallest absolute Gasteiger partial charge is 0.254 e. The van der Waals surface area contributed by atoms with Crippen LogP contribution in [0.2, 0.25) is 0 Å². The first kappa shape index (κ1) is 18.8. The van der Waals surface area contributed by atoms with Crippen LogP contribution in [0.5, 0.6) is 0 Å². The largest absolute Gasteiger partial charge is 0.378 e. The number of ether oxygens (including phenoxy) is 1. The molecular weight excluding hydrogens is 378 g/mol. The lowest BCUT2D eigenvalue weighted by atomic mass is 10.1. The van der Waals surface area contributed by atoms with Gasteiger partial charge in [0.15, 0.2) is 11.6 Å². The predicted octanol–water partition coefficient (Wildman–Crippen LogP) is 3.00. The lowest BCUT2D eigenvalue weighted by Crippen LogP contribution is -2.40. The molecule has 30 heavy (non-hydrogen) atoms. The number of fused-ring (bicyclic) bond motifs is 1. The van der Waals surface area contributed by atoms with Crippen LogP contribution >= 0.6 is 0 Å². The minimum absolute atomic E-state index is 0.0332. The average molecular weight is 403 g/mol. The number of aromatic nitrogens is 3. The second-order valence-corrected chi connectivity index (χ2v) is 7.86. The van der Waals surface area contributed by atoms with Gasteiger partial charge in [0.05, 0.1) is 25.8 Å². The third-order valence-corrected chi connectivity index (χ3v) is 5.83. The van der Waals surface area contributed by atoms with Crippen molar-refractivity contribution in [3.8, 4) is 11.4 Å². The Morgan fingerprint density at radius 1 is 1.00 bits per heavy atom. The molecule has 3 heterocycles. The molecule has 1 fully saturated rings. The van der Waals surface area contributed by atoms with E-state index in [-0.39, 0.29) is 11.9 Å². The van der Waals surface area contributed by atoms with E-state index in [0.29, 0.717) is 18.7 Å². The Hall–Kier alpha value is -3.19. The number of anilines is 1. The van der Waals surface area contributed by atoms with Gasteiger partial charge in [-0.1, -0.05) is 30.3 Å². The van der Waals surface area contributed by atoms with E-state index in [0.717, 1.165) is 49.2 Å². The third kappa shape index (κ3) is 3.45. The summed E-state index contributed by atoms with van der Waals surface area (Å²) in [6.07, 6.45) is 0. The van der Waals surface area contributed by atoms with Gasteiger partial charge in [-0.3, -0.25) is 4.79 Å². The summed E-state index contributed by atoms with van der Waals surface area (Å²) in [6, 6.07) is 18.1. The molecule has 7 nitrogen and oxygen atoms in total. The summed E-state index contributed by atoms with van der Waals surface area (Å²) in [5.41, 5.74) is 2.88. The van der Waals surface area contributed by atoms with Crippen molar-refractivity contribution < 1.29 is 9.53 Å². The van der Waals surface area contributed by atoms with Gasteiger partial charge in [0.1, 0.15) is 0 Å². The van der Waals surface area contributed by atoms with Gasteiger partial charge in [-0.15, -0.1) is 10.2 Å². The first-order valence-corrected chi connectivity index (χ1v) is 10.4. The van der Waals surface area contributed by atoms with E-state index >= 15 is 0 Å². The van der Waals surface area contributed by atoms with Gasteiger partial charge >= 0.3 is 0 Å². The second-order valence-electron chi connectivity index (χ2n) is 7.86. The Morgan fingerprint density at radius 3 is 2.47 bits per heavy atom. The van der Waals surface area contributed by atoms with Crippen LogP contribution in [0, 0.1) is 0 Å². The number of rotatable bonds is 3. The predicted molar refractivity (Wildman–Crippen MR) is 114 cm³/mol. The van der Waals surface area contributed by atoms with E-state index < -0.39 is 0 Å². The minimum Gasteiger partial charge on any atom is -0.378 e. The summed E-state index contributed by atoms with van der Waals surface area (Å²) in [5.74, 6) is 1.72. The Labute approximate surface area is 175 Å². The van der Waals surface area contributed by atoms with Gasteiger partial charge in [0.25, 0.3) is 5.91 Å². The fraction of sp³-hybridized carbons (Fsp3) is 0.348. The van der Waals surface area contributed by atoms with Crippen LogP contribution in [0.1, 0.15) is 29.1 Å². The molecule has 0 radical (unpaired) electrons. The molecular formula is C23H25N5O2. The minimum atomic E-state index is 0.0332. The van der Waals surface area contributed by atoms with E-state index in [9.17, 15) is 4.79 Å². The summed E-state index contributed by atoms with van der Waals surface area (Å²) < 4.78 is 7.57. The molecule has 0 bridgehead atoms. The molecule has 2 aliphatic rings. The molecule has 1 amide bonds. The maximum absolute atomic E-state index is 13.2. The van der Waals surface area contributed by atoms with Crippen LogP contribution in [0.25, 0.3) is 11.4 Å². The Morgan fingerprint density at radius 2 is 1.73 bits per heavy atom. The number of nitrogens with zero attached hydrogens (tertiary/aromatic N) is 5. The highest BCUT2D eigenvalue weighted by Gasteiger charge is 2.30. The highest BCUT2D eigenvalue weighted by Crippen LogP contribution is 2.28. The zero-order valence-corrected chi connectivity index (χ0v) is 17.1. The standard InChI is InChI=1S/C23H25N5O2/c1-17-15-27(16-21-24-25-22(28(17)21)18-5-3-2-4-6-18)23(29)19-7-9-20(10-8-19)26-11-13-30-14-12-26/h2-10,17H,11-16H2,1H3/t17-/m0/s1. The van der Waals surface area contributed by atoms with Crippen LogP contribution in [0.4, 0.5) is 5.69 Å². The lowest BCUT2D eigenvalue weighted by Gasteiger charge is -2.33. The molecule has 0 saturated carbocycles. The maximum Gasteiger partial charge on any atom is 0.254 e. The first-order chi connectivity index (χ1) is 14.7. The molecule has 0 unspecified atom stereocenters. The van der Waals surface area contributed by atoms with Gasteiger partial charge in [0, 0.05) is 36.4 Å². The molecule has 7 heteroatoms. The van der Waals surface area contributed by atoms with E-state index in [1.54, 1.807) is 0 Å². The van der Waals surface area contributed by atoms with Crippen LogP contribution in [0.3, 0.4) is 0 Å². The van der Waals surface area contributed by atoms with Gasteiger partial charge in [-0.2, -0.15) is 0 Å². The summed E-state index contributed by atoms with van der Waals surface area (Å²) in [4.78, 5) is 17.3. The van der Waals surface area contributed by atoms with Crippen LogP contribution in [-0.4, -0.2) is 58.4 Å². The quantitative estimate of drug-likeness (QED) is 0.673. The Balaban J connectivity index is 1.34. The van der Waals surface area contributed by atoms with Crippen LogP contribution in [-0.2, 0) is 11.3 Å². The number of hydrogen-bond donors (Lipinski definition) is 0. The van der Waals surface area contributed by atoms with Gasteiger partial charge in [-0.05, 0) is 31.2 Å². The van der Waals surface area contributed by atoms with E-state index in [2.05, 4.69) is 26.6 Å². The molecule has 154 valence electrons. The van der Waals surface area contributed by atoms with Crippen molar-refractivity contribution in [1.29, 1.82) is 0 Å². The number of carbonyl (C=O) groups excluding carboxylic acids is 1. The molecule has 0 spiro atoms. The fourth-order valence-corrected chi connectivity index (χ4v) is 4.29. The molecule has 5 rings (SSSR count). The van der Waals surface area contributed by atoms with Gasteiger partial charge in [-0.25, -0.2) is 0 Å². The van der Waals surface area contributed by atoms with Crippen molar-refractivity contribution in [3.63, 3.8) is 0 Å². The number of carbonyl (C=O) groups is 1. The normalized spacial score (nSPS) is 18.9. The monoisotopic (exact) mass is 403 g/mol. The number of amides is 1. The molecule has 2 aliphatic heterocycles. The molecule has 0 aliphatic carbocycles. The van der Waals surface area contributed by atoms with Gasteiger partial charge in [0.2, 0.25) is 0 Å². The van der Waals surface area contributed by atoms with E-state index in [4.69, 9.17) is 4.74 Å². The maximum atomic E-state index is 13.2. The number of morpholine rings is 1. The third-order valence-electron chi connectivity index (χ3n) is 5.83. The van der Waals surface area contributed by atoms with Crippen molar-refractivity contribution in [2.45, 2.75) is 19.5 Å². The summed E-state index contributed by atoms with van der Waals surface area (Å²) >= 11 is 0. The topological polar surface area (TPSA) is 63.5 Å². The van der Waals surface area contributed by atoms with Crippen LogP contribution < -0.4 is 4.90 Å². The zero-order chi connectivity index (χ0) is 20.5. The fourth-order valence-electron chi connectivity index (χ4n) is 4.29. The summed E-state index contributed by atoms with van der Waals surface area (Å²) in [7, 11) is 0. The second kappa shape index (κ2) is 7.91. The van der Waals surface area contributed by atoms with Crippen molar-refractivity contribution in [2.24, 2.45) is 0 Å². The molecule has 3 aromatic rings. The number of hydrogen-bond acceptors (Lipinski definition) is 5. The van der Waals surface area contributed by atoms with Crippen molar-refractivity contribution in [2.75, 3.05) is 37.7 Å². The first-order valence-electron chi connectivity index (χ1n) is 10.4. The average Bonchev–Trinajstić information content (AvgIpc) is 3.25. The highest BCUT2D eigenvalue weighted by atomic mass is 16.5. The number of benzene rings is 2. The molecule has 1 saturated heterocycles. The molecule has 0 N–H and O–H groups in total. The Kier molecular flexibility index (Phi) is 4.96. The van der Waals surface area contributed by atoms with Crippen molar-refractivity contribution in [1.82, 2.24) is 19.7 Å². The summed E-state index contributed by atoms with van der Waals surface area (Å²) in [6.45, 7) is 6.48. The van der Waals surface area contributed by atoms with Gasteiger partial charge < -0.3 is 19.1 Å². The van der Waals surface area contributed by atoms with Crippen LogP contribution in [0.15, 0.2) is 54.6 Å². The van der Waals surface area contributed by atoms with E-state index in [1.165, 1.54) is 0 Å². The zero-order valence-electron chi connectivity index (χ0n) is 17.1.